The Balaban J connectivity index is 1.94. The highest BCUT2D eigenvalue weighted by Crippen LogP contribution is 2.33. The molecule has 0 bridgehead atoms. The fraction of sp³-hybridized carbons (Fsp3) is 0.176. The zero-order valence-electron chi connectivity index (χ0n) is 13.1. The van der Waals surface area contributed by atoms with Gasteiger partial charge in [0.2, 0.25) is 0 Å². The van der Waals surface area contributed by atoms with Crippen LogP contribution in [-0.4, -0.2) is 21.7 Å². The molecule has 0 aliphatic heterocycles. The Kier molecular flexibility index (Phi) is 4.52. The molecule has 0 atom stereocenters. The van der Waals surface area contributed by atoms with Crippen molar-refractivity contribution in [3.63, 3.8) is 0 Å². The topological polar surface area (TPSA) is 85.1 Å². The largest absolute Gasteiger partial charge is 0.463 e. The van der Waals surface area contributed by atoms with E-state index in [1.807, 2.05) is 13.8 Å². The lowest BCUT2D eigenvalue weighted by atomic mass is 10.1. The second-order valence-corrected chi connectivity index (χ2v) is 6.38. The maximum Gasteiger partial charge on any atom is 0.257 e. The van der Waals surface area contributed by atoms with E-state index in [9.17, 15) is 9.59 Å². The van der Waals surface area contributed by atoms with Gasteiger partial charge in [-0.25, -0.2) is 4.98 Å². The van der Waals surface area contributed by atoms with Gasteiger partial charge in [-0.15, -0.1) is 0 Å². The van der Waals surface area contributed by atoms with Crippen LogP contribution in [0.15, 0.2) is 47.3 Å². The van der Waals surface area contributed by atoms with Gasteiger partial charge >= 0.3 is 0 Å². The van der Waals surface area contributed by atoms with Crippen molar-refractivity contribution in [2.24, 2.45) is 5.92 Å². The predicted octanol–water partition coefficient (Wildman–Crippen LogP) is 3.89. The number of hydrogen-bond donors (Lipinski definition) is 1. The van der Waals surface area contributed by atoms with E-state index in [1.165, 1.54) is 6.26 Å². The molecule has 0 aliphatic rings. The van der Waals surface area contributed by atoms with Crippen LogP contribution in [0.3, 0.4) is 0 Å². The Hall–Kier alpha value is -2.80. The van der Waals surface area contributed by atoms with Gasteiger partial charge in [-0.1, -0.05) is 25.2 Å². The van der Waals surface area contributed by atoms with E-state index < -0.39 is 0 Å². The summed E-state index contributed by atoms with van der Waals surface area (Å²) in [6.07, 6.45) is 4.60. The summed E-state index contributed by atoms with van der Waals surface area (Å²) in [6, 6.07) is 6.68. The monoisotopic (exact) mass is 341 g/mol. The van der Waals surface area contributed by atoms with Crippen LogP contribution in [0.2, 0.25) is 0 Å². The molecule has 3 aromatic heterocycles. The molecule has 24 heavy (non-hydrogen) atoms. The number of furan rings is 1. The van der Waals surface area contributed by atoms with E-state index in [0.717, 1.165) is 11.3 Å². The third-order valence-corrected chi connectivity index (χ3v) is 4.28. The summed E-state index contributed by atoms with van der Waals surface area (Å²) in [5, 5.41) is 3.08. The normalized spacial score (nSPS) is 10.8. The van der Waals surface area contributed by atoms with Crippen molar-refractivity contribution < 1.29 is 14.0 Å². The van der Waals surface area contributed by atoms with Crippen molar-refractivity contribution in [1.29, 1.82) is 0 Å². The van der Waals surface area contributed by atoms with E-state index in [2.05, 4.69) is 15.3 Å². The van der Waals surface area contributed by atoms with Gasteiger partial charge in [-0.05, 0) is 24.3 Å². The highest BCUT2D eigenvalue weighted by molar-refractivity contribution is 7.18. The van der Waals surface area contributed by atoms with E-state index in [-0.39, 0.29) is 17.6 Å². The van der Waals surface area contributed by atoms with Crippen LogP contribution in [0.4, 0.5) is 5.13 Å². The number of pyridine rings is 1. The number of nitrogens with zero attached hydrogens (tertiary/aromatic N) is 2. The van der Waals surface area contributed by atoms with Crippen LogP contribution >= 0.6 is 11.3 Å². The van der Waals surface area contributed by atoms with Gasteiger partial charge in [0, 0.05) is 23.9 Å². The molecule has 0 aromatic carbocycles. The highest BCUT2D eigenvalue weighted by atomic mass is 32.1. The average molecular weight is 341 g/mol. The third kappa shape index (κ3) is 3.26. The van der Waals surface area contributed by atoms with Crippen molar-refractivity contribution in [3.05, 3.63) is 53.4 Å². The summed E-state index contributed by atoms with van der Waals surface area (Å²) in [6.45, 7) is 3.65. The number of rotatable bonds is 5. The van der Waals surface area contributed by atoms with Crippen molar-refractivity contribution in [3.8, 4) is 11.5 Å². The molecule has 0 spiro atoms. The first-order chi connectivity index (χ1) is 11.6. The zero-order valence-corrected chi connectivity index (χ0v) is 14.0. The molecule has 3 heterocycles. The molecule has 0 saturated carbocycles. The third-order valence-electron chi connectivity index (χ3n) is 3.29. The van der Waals surface area contributed by atoms with Crippen LogP contribution in [0, 0.1) is 5.92 Å². The molecule has 0 aliphatic carbocycles. The molecule has 0 fully saturated rings. The second kappa shape index (κ2) is 6.76. The highest BCUT2D eigenvalue weighted by Gasteiger charge is 2.24. The van der Waals surface area contributed by atoms with Crippen molar-refractivity contribution >= 4 is 28.2 Å². The van der Waals surface area contributed by atoms with Crippen LogP contribution in [-0.2, 0) is 0 Å². The van der Waals surface area contributed by atoms with E-state index in [4.69, 9.17) is 4.42 Å². The molecule has 0 radical (unpaired) electrons. The summed E-state index contributed by atoms with van der Waals surface area (Å²) in [7, 11) is 0. The molecule has 122 valence electrons. The lowest BCUT2D eigenvalue weighted by Gasteiger charge is -2.01. The standard InChI is InChI=1S/C17H15N3O3S/c1-10(2)14(21)15-13(12-4-3-9-23-12)19-17(24-15)20-16(22)11-5-7-18-8-6-11/h3-10H,1-2H3,(H,19,20,22). The minimum absolute atomic E-state index is 0.0386. The summed E-state index contributed by atoms with van der Waals surface area (Å²) in [5.41, 5.74) is 0.921. The number of carbonyl (C=O) groups excluding carboxylic acids is 2. The van der Waals surface area contributed by atoms with Crippen LogP contribution in [0.1, 0.15) is 33.9 Å². The van der Waals surface area contributed by atoms with Gasteiger partial charge in [0.05, 0.1) is 6.26 Å². The minimum Gasteiger partial charge on any atom is -0.463 e. The summed E-state index contributed by atoms with van der Waals surface area (Å²) >= 11 is 1.15. The molecule has 6 nitrogen and oxygen atoms in total. The van der Waals surface area contributed by atoms with Crippen molar-refractivity contribution in [1.82, 2.24) is 9.97 Å². The average Bonchev–Trinajstić information content (AvgIpc) is 3.24. The molecule has 1 N–H and O–H groups in total. The van der Waals surface area contributed by atoms with Gasteiger partial charge in [0.25, 0.3) is 5.91 Å². The van der Waals surface area contributed by atoms with Gasteiger partial charge in [0.1, 0.15) is 10.6 Å². The van der Waals surface area contributed by atoms with Crippen LogP contribution < -0.4 is 5.32 Å². The molecule has 1 amide bonds. The second-order valence-electron chi connectivity index (χ2n) is 5.38. The summed E-state index contributed by atoms with van der Waals surface area (Å²) in [5.74, 6) is -0.0217. The lowest BCUT2D eigenvalue weighted by Crippen LogP contribution is -2.11. The first-order valence-corrected chi connectivity index (χ1v) is 8.18. The first-order valence-electron chi connectivity index (χ1n) is 7.36. The molecular formula is C17H15N3O3S. The lowest BCUT2D eigenvalue weighted by molar-refractivity contribution is 0.0943. The van der Waals surface area contributed by atoms with E-state index >= 15 is 0 Å². The summed E-state index contributed by atoms with van der Waals surface area (Å²) < 4.78 is 5.36. The Morgan fingerprint density at radius 1 is 1.21 bits per heavy atom. The first kappa shape index (κ1) is 16.1. The number of amides is 1. The van der Waals surface area contributed by atoms with Crippen molar-refractivity contribution in [2.75, 3.05) is 5.32 Å². The molecule has 3 aromatic rings. The van der Waals surface area contributed by atoms with Gasteiger partial charge < -0.3 is 4.42 Å². The molecule has 0 saturated heterocycles. The summed E-state index contributed by atoms with van der Waals surface area (Å²) in [4.78, 5) is 33.4. The number of ketones is 1. The fourth-order valence-corrected chi connectivity index (χ4v) is 3.11. The van der Waals surface area contributed by atoms with Crippen molar-refractivity contribution in [2.45, 2.75) is 13.8 Å². The quantitative estimate of drug-likeness (QED) is 0.712. The minimum atomic E-state index is -0.305. The number of aromatic nitrogens is 2. The molecule has 7 heteroatoms. The van der Waals surface area contributed by atoms with Crippen LogP contribution in [0.25, 0.3) is 11.5 Å². The van der Waals surface area contributed by atoms with E-state index in [0.29, 0.717) is 27.0 Å². The Bertz CT molecular complexity index is 855. The number of Topliss-reactive ketones (excluding diaryl/α,β-unsaturated/α-hetero) is 1. The fourth-order valence-electron chi connectivity index (χ4n) is 2.06. The van der Waals surface area contributed by atoms with Gasteiger partial charge in [-0.3, -0.25) is 19.9 Å². The maximum absolute atomic E-state index is 12.4. The van der Waals surface area contributed by atoms with Gasteiger partial charge in [0.15, 0.2) is 16.7 Å². The number of hydrogen-bond acceptors (Lipinski definition) is 6. The van der Waals surface area contributed by atoms with Crippen LogP contribution in [0.5, 0.6) is 0 Å². The smallest absolute Gasteiger partial charge is 0.257 e. The molecule has 3 rings (SSSR count). The maximum atomic E-state index is 12.4. The number of nitrogens with one attached hydrogen (secondary N) is 1. The predicted molar refractivity (Wildman–Crippen MR) is 91.2 cm³/mol. The Morgan fingerprint density at radius 2 is 1.96 bits per heavy atom. The Morgan fingerprint density at radius 3 is 2.58 bits per heavy atom. The molecular weight excluding hydrogens is 326 g/mol. The van der Waals surface area contributed by atoms with Gasteiger partial charge in [-0.2, -0.15) is 0 Å². The zero-order chi connectivity index (χ0) is 17.1. The number of thiazole rings is 1. The molecule has 0 unspecified atom stereocenters. The number of anilines is 1. The Labute approximate surface area is 142 Å². The van der Waals surface area contributed by atoms with E-state index in [1.54, 1.807) is 36.7 Å². The number of carbonyl (C=O) groups is 2. The SMILES string of the molecule is CC(C)C(=O)c1sc(NC(=O)c2ccncc2)nc1-c1ccco1.